The van der Waals surface area contributed by atoms with Gasteiger partial charge in [0, 0.05) is 0 Å². The highest BCUT2D eigenvalue weighted by molar-refractivity contribution is 6.46. The molecule has 0 fully saturated rings. The Morgan fingerprint density at radius 1 is 1.09 bits per heavy atom. The van der Waals surface area contributed by atoms with Crippen molar-refractivity contribution in [3.63, 3.8) is 0 Å². The van der Waals surface area contributed by atoms with Crippen molar-refractivity contribution in [1.29, 1.82) is 0 Å². The topological polar surface area (TPSA) is 36.9 Å². The summed E-state index contributed by atoms with van der Waals surface area (Å²) in [6, 6.07) is 1.21. The van der Waals surface area contributed by atoms with Gasteiger partial charge in [0.1, 0.15) is 20.2 Å². The minimum Gasteiger partial charge on any atom is -0.449 e. The zero-order valence-electron chi connectivity index (χ0n) is 7.17. The van der Waals surface area contributed by atoms with Gasteiger partial charge in [-0.25, -0.2) is 0 Å². The van der Waals surface area contributed by atoms with Crippen molar-refractivity contribution in [1.82, 2.24) is 0 Å². The summed E-state index contributed by atoms with van der Waals surface area (Å²) in [4.78, 5) is 0. The van der Waals surface area contributed by atoms with Gasteiger partial charge in [0.2, 0.25) is 0 Å². The van der Waals surface area contributed by atoms with Crippen molar-refractivity contribution >= 4 is 50.3 Å². The average Bonchev–Trinajstić information content (AvgIpc) is 2.03. The Morgan fingerprint density at radius 2 is 1.73 bits per heavy atom. The lowest BCUT2D eigenvalue weighted by atomic mass is 11.0. The Hall–Kier alpha value is 0.924. The zero-order valence-corrected chi connectivity index (χ0v) is 14.8. The van der Waals surface area contributed by atoms with E-state index in [0.717, 1.165) is 10.5 Å². The molecule has 0 N–H and O–H groups in total. The fraction of sp³-hybridized carbons (Fsp3) is 1.00. The highest BCUT2D eigenvalue weighted by atomic mass is 28.4. The van der Waals surface area contributed by atoms with E-state index in [1.165, 1.54) is 6.04 Å². The predicted octanol–water partition coefficient (Wildman–Crippen LogP) is -4.15. The lowest BCUT2D eigenvalue weighted by Crippen LogP contribution is -2.15. The number of hydrogen-bond donors (Lipinski definition) is 0. The molecule has 0 amide bonds. The summed E-state index contributed by atoms with van der Waals surface area (Å²) in [5, 5.41) is 0. The van der Waals surface area contributed by atoms with Crippen LogP contribution in [0.2, 0.25) is 6.04 Å². The van der Waals surface area contributed by atoms with Crippen LogP contribution in [0, 0.1) is 0 Å². The van der Waals surface area contributed by atoms with Crippen LogP contribution in [0.15, 0.2) is 0 Å². The molecule has 0 aromatic heterocycles. The van der Waals surface area contributed by atoms with Gasteiger partial charge in [0.15, 0.2) is 0 Å². The molecule has 0 saturated carbocycles. The van der Waals surface area contributed by atoms with E-state index in [2.05, 4.69) is 6.92 Å². The van der Waals surface area contributed by atoms with E-state index in [4.69, 9.17) is 16.5 Å². The molecule has 0 heterocycles. The van der Waals surface area contributed by atoms with Gasteiger partial charge in [-0.05, 0) is 6.04 Å². The van der Waals surface area contributed by atoms with Crippen LogP contribution in [0.3, 0.4) is 0 Å². The SMILES string of the molecule is CC[SiH2]O[SiH2]O[SiH2]O[SiH2]O[SiH3]. The Balaban J connectivity index is 2.69. The molecule has 0 saturated heterocycles. The van der Waals surface area contributed by atoms with Gasteiger partial charge in [0.05, 0.1) is 0 Å². The Bertz CT molecular complexity index is 65.5. The summed E-state index contributed by atoms with van der Waals surface area (Å²) in [5.74, 6) is 0. The van der Waals surface area contributed by atoms with Gasteiger partial charge in [-0.2, -0.15) is 0 Å². The highest BCUT2D eigenvalue weighted by Gasteiger charge is 1.89. The van der Waals surface area contributed by atoms with E-state index < -0.39 is 30.0 Å². The molecular formula is C2H16O4Si5. The van der Waals surface area contributed by atoms with Crippen LogP contribution < -0.4 is 0 Å². The molecule has 0 aliphatic heterocycles. The Kier molecular flexibility index (Phi) is 11.8. The third-order valence-electron chi connectivity index (χ3n) is 0.883. The van der Waals surface area contributed by atoms with Gasteiger partial charge in [-0.15, -0.1) is 0 Å². The monoisotopic (exact) mass is 244 g/mol. The summed E-state index contributed by atoms with van der Waals surface area (Å²) < 4.78 is 20.8. The van der Waals surface area contributed by atoms with Gasteiger partial charge < -0.3 is 16.5 Å². The third-order valence-corrected chi connectivity index (χ3v) is 6.72. The first-order valence-corrected chi connectivity index (χ1v) is 9.49. The van der Waals surface area contributed by atoms with Crippen molar-refractivity contribution in [2.75, 3.05) is 0 Å². The molecule has 0 rings (SSSR count). The summed E-state index contributed by atoms with van der Waals surface area (Å²) >= 11 is 0. The minimum atomic E-state index is -0.710. The van der Waals surface area contributed by atoms with Gasteiger partial charge in [-0.3, -0.25) is 0 Å². The molecule has 0 aliphatic rings. The fourth-order valence-corrected chi connectivity index (χ4v) is 7.87. The highest BCUT2D eigenvalue weighted by Crippen LogP contribution is 1.76. The van der Waals surface area contributed by atoms with Crippen LogP contribution in [-0.4, -0.2) is 50.3 Å². The number of rotatable bonds is 8. The average molecular weight is 245 g/mol. The van der Waals surface area contributed by atoms with Crippen LogP contribution in [0.5, 0.6) is 0 Å². The lowest BCUT2D eigenvalue weighted by molar-refractivity contribution is 0.407. The van der Waals surface area contributed by atoms with E-state index in [0.29, 0.717) is 0 Å². The summed E-state index contributed by atoms with van der Waals surface area (Å²) in [5.41, 5.74) is 0. The van der Waals surface area contributed by atoms with Crippen molar-refractivity contribution < 1.29 is 16.5 Å². The molecule has 0 unspecified atom stereocenters. The second-order valence-corrected chi connectivity index (χ2v) is 11.3. The molecule has 0 aliphatic carbocycles. The van der Waals surface area contributed by atoms with Crippen LogP contribution in [-0.2, 0) is 16.5 Å². The second kappa shape index (κ2) is 10.9. The van der Waals surface area contributed by atoms with E-state index in [9.17, 15) is 0 Å². The van der Waals surface area contributed by atoms with Crippen molar-refractivity contribution in [3.05, 3.63) is 0 Å². The van der Waals surface area contributed by atoms with E-state index in [-0.39, 0.29) is 9.76 Å². The van der Waals surface area contributed by atoms with E-state index in [1.807, 2.05) is 0 Å². The van der Waals surface area contributed by atoms with Crippen molar-refractivity contribution in [2.24, 2.45) is 0 Å². The first kappa shape index (κ1) is 11.9. The first-order chi connectivity index (χ1) is 5.41. The van der Waals surface area contributed by atoms with Crippen molar-refractivity contribution in [2.45, 2.75) is 13.0 Å². The Labute approximate surface area is 80.0 Å². The molecule has 0 aromatic carbocycles. The normalized spacial score (nSPS) is 15.0. The standard InChI is InChI=1S/C2H16O4Si5/c1-2-8-4-10-6-11-5-9-3-7/h2,8-11H2,1,7H3. The number of hydrogen-bond acceptors (Lipinski definition) is 4. The molecule has 0 spiro atoms. The molecule has 68 valence electrons. The maximum Gasteiger partial charge on any atom is 0.286 e. The van der Waals surface area contributed by atoms with Gasteiger partial charge in [0.25, 0.3) is 30.0 Å². The largest absolute Gasteiger partial charge is 0.449 e. The maximum atomic E-state index is 5.36. The summed E-state index contributed by atoms with van der Waals surface area (Å²) in [6.07, 6.45) is 0. The lowest BCUT2D eigenvalue weighted by Gasteiger charge is -2.04. The fourth-order valence-electron chi connectivity index (χ4n) is 0.472. The minimum absolute atomic E-state index is 0.227. The molecule has 0 radical (unpaired) electrons. The zero-order chi connectivity index (χ0) is 8.36. The summed E-state index contributed by atoms with van der Waals surface area (Å²) in [7, 11) is -1.43. The second-order valence-electron chi connectivity index (χ2n) is 1.96. The molecule has 4 nitrogen and oxygen atoms in total. The molecule has 0 bridgehead atoms. The van der Waals surface area contributed by atoms with Crippen LogP contribution in [0.1, 0.15) is 6.92 Å². The van der Waals surface area contributed by atoms with Gasteiger partial charge >= 0.3 is 0 Å². The van der Waals surface area contributed by atoms with Crippen molar-refractivity contribution in [3.8, 4) is 0 Å². The quantitative estimate of drug-likeness (QED) is 0.321. The van der Waals surface area contributed by atoms with Crippen LogP contribution in [0.25, 0.3) is 0 Å². The molecule has 0 aromatic rings. The van der Waals surface area contributed by atoms with Gasteiger partial charge in [-0.1, -0.05) is 6.92 Å². The maximum absolute atomic E-state index is 5.36. The predicted molar refractivity (Wildman–Crippen MR) is 58.9 cm³/mol. The Morgan fingerprint density at radius 3 is 2.36 bits per heavy atom. The molecule has 9 heteroatoms. The van der Waals surface area contributed by atoms with E-state index >= 15 is 0 Å². The van der Waals surface area contributed by atoms with Crippen LogP contribution in [0.4, 0.5) is 0 Å². The summed E-state index contributed by atoms with van der Waals surface area (Å²) in [6.45, 7) is 2.15. The smallest absolute Gasteiger partial charge is 0.286 e. The third kappa shape index (κ3) is 10.9. The molecule has 0 atom stereocenters. The molecular weight excluding hydrogens is 228 g/mol. The van der Waals surface area contributed by atoms with E-state index in [1.54, 1.807) is 0 Å². The molecule has 11 heavy (non-hydrogen) atoms. The first-order valence-electron chi connectivity index (χ1n) is 3.64. The van der Waals surface area contributed by atoms with Crippen LogP contribution >= 0.6 is 0 Å².